The van der Waals surface area contributed by atoms with Crippen molar-refractivity contribution in [2.75, 3.05) is 9.80 Å². The van der Waals surface area contributed by atoms with E-state index in [-0.39, 0.29) is 23.6 Å². The molecule has 6 heterocycles. The number of carbonyl (C=O) groups is 4. The monoisotopic (exact) mass is 722 g/mol. The number of rotatable bonds is 4. The number of para-hydroxylation sites is 2. The SMILES string of the molecule is O=C1[C@@H]2[C@H](C(=O)N1c1ccccc1)N1[C@H](c3ccc(Br)s3)[C@@H]3C(=O)N(c4ccccc4)C(=O)[C@@H]3N1[C@H]2c1ccc(Br)s1. The lowest BCUT2D eigenvalue weighted by Crippen LogP contribution is -2.50. The second-order valence-corrected chi connectivity index (χ2v) is 15.6. The summed E-state index contributed by atoms with van der Waals surface area (Å²) < 4.78 is 1.75. The molecule has 210 valence electrons. The lowest BCUT2D eigenvalue weighted by molar-refractivity contribution is -0.135. The fourth-order valence-electron chi connectivity index (χ4n) is 7.03. The number of thiophene rings is 2. The number of imide groups is 2. The number of hydrogen-bond donors (Lipinski definition) is 0. The van der Waals surface area contributed by atoms with Gasteiger partial charge in [0.05, 0.1) is 42.9 Å². The number of hydrogen-bond acceptors (Lipinski definition) is 8. The van der Waals surface area contributed by atoms with Crippen LogP contribution in [0.5, 0.6) is 0 Å². The number of halogens is 2. The molecule has 0 saturated carbocycles. The van der Waals surface area contributed by atoms with E-state index >= 15 is 0 Å². The molecule has 0 radical (unpaired) electrons. The molecule has 2 aromatic carbocycles. The fourth-order valence-corrected chi connectivity index (χ4v) is 10.2. The molecule has 12 heteroatoms. The highest BCUT2D eigenvalue weighted by Crippen LogP contribution is 2.61. The van der Waals surface area contributed by atoms with Crippen molar-refractivity contribution >= 4 is 89.5 Å². The molecule has 4 aliphatic rings. The molecule has 8 nitrogen and oxygen atoms in total. The smallest absolute Gasteiger partial charge is 0.253 e. The molecule has 0 spiro atoms. The Bertz CT molecular complexity index is 1650. The number of fused-ring (bicyclic) bond motifs is 5. The van der Waals surface area contributed by atoms with Crippen LogP contribution in [0, 0.1) is 11.8 Å². The molecule has 4 fully saturated rings. The van der Waals surface area contributed by atoms with Crippen molar-refractivity contribution in [2.24, 2.45) is 11.8 Å². The summed E-state index contributed by atoms with van der Waals surface area (Å²) in [6.07, 6.45) is 0. The van der Waals surface area contributed by atoms with E-state index in [9.17, 15) is 19.2 Å². The van der Waals surface area contributed by atoms with Crippen molar-refractivity contribution in [2.45, 2.75) is 24.2 Å². The summed E-state index contributed by atoms with van der Waals surface area (Å²) in [4.78, 5) is 61.4. The normalized spacial score (nSPS) is 29.1. The highest BCUT2D eigenvalue weighted by Gasteiger charge is 2.74. The highest BCUT2D eigenvalue weighted by molar-refractivity contribution is 9.11. The van der Waals surface area contributed by atoms with Crippen molar-refractivity contribution in [1.82, 2.24) is 10.0 Å². The molecule has 4 aliphatic heterocycles. The van der Waals surface area contributed by atoms with Gasteiger partial charge in [-0.05, 0) is 80.4 Å². The second-order valence-electron chi connectivity index (χ2n) is 10.6. The molecule has 4 aromatic rings. The van der Waals surface area contributed by atoms with Gasteiger partial charge in [0.15, 0.2) is 0 Å². The van der Waals surface area contributed by atoms with Crippen LogP contribution in [0.1, 0.15) is 21.8 Å². The summed E-state index contributed by atoms with van der Waals surface area (Å²) in [5.74, 6) is -2.83. The first kappa shape index (κ1) is 26.6. The van der Waals surface area contributed by atoms with Crippen LogP contribution in [0.2, 0.25) is 0 Å². The maximum absolute atomic E-state index is 14.3. The van der Waals surface area contributed by atoms with Gasteiger partial charge in [0.1, 0.15) is 12.1 Å². The number of benzene rings is 2. The van der Waals surface area contributed by atoms with E-state index in [1.165, 1.54) is 32.5 Å². The van der Waals surface area contributed by atoms with Gasteiger partial charge in [-0.2, -0.15) is 0 Å². The first-order valence-electron chi connectivity index (χ1n) is 13.3. The van der Waals surface area contributed by atoms with Crippen molar-refractivity contribution in [1.29, 1.82) is 0 Å². The third kappa shape index (κ3) is 3.63. The Kier molecular flexibility index (Phi) is 6.19. The van der Waals surface area contributed by atoms with Gasteiger partial charge >= 0.3 is 0 Å². The second kappa shape index (κ2) is 9.76. The number of amides is 4. The Morgan fingerprint density at radius 1 is 0.476 bits per heavy atom. The van der Waals surface area contributed by atoms with Crippen LogP contribution in [0.4, 0.5) is 11.4 Å². The maximum Gasteiger partial charge on any atom is 0.253 e. The predicted molar refractivity (Wildman–Crippen MR) is 166 cm³/mol. The molecular formula is C30H20Br2N4O4S2. The predicted octanol–water partition coefficient (Wildman–Crippen LogP) is 5.78. The Hall–Kier alpha value is -3.00. The molecular weight excluding hydrogens is 704 g/mol. The van der Waals surface area contributed by atoms with Gasteiger partial charge in [-0.25, -0.2) is 19.8 Å². The van der Waals surface area contributed by atoms with Gasteiger partial charge in [-0.1, -0.05) is 36.4 Å². The van der Waals surface area contributed by atoms with Crippen LogP contribution >= 0.6 is 54.5 Å². The Balaban J connectivity index is 1.33. The molecule has 0 aliphatic carbocycles. The Morgan fingerprint density at radius 3 is 1.19 bits per heavy atom. The summed E-state index contributed by atoms with van der Waals surface area (Å²) >= 11 is 10.1. The fraction of sp³-hybridized carbons (Fsp3) is 0.200. The lowest BCUT2D eigenvalue weighted by Gasteiger charge is -2.35. The standard InChI is InChI=1S/C30H20Br2N4O4S2/c31-19-13-11-17(41-19)23-21-25(29(39)33(27(21)37)15-7-3-1-4-8-15)35-24(18-12-14-20(32)42-18)22-26(36(23)35)30(40)34(28(22)38)16-9-5-2-6-10-16/h1-14,21-26H/t21-,22-,23-,24+,25+,26+/m0/s1. The van der Waals surface area contributed by atoms with Gasteiger partial charge in [0, 0.05) is 9.75 Å². The lowest BCUT2D eigenvalue weighted by atomic mass is 9.88. The third-order valence-electron chi connectivity index (χ3n) is 8.52. The average Bonchev–Trinajstić information content (AvgIpc) is 3.81. The van der Waals surface area contributed by atoms with Crippen molar-refractivity contribution in [3.05, 3.63) is 102 Å². The van der Waals surface area contributed by atoms with E-state index in [1.54, 1.807) is 48.5 Å². The maximum atomic E-state index is 14.3. The zero-order valence-electron chi connectivity index (χ0n) is 21.5. The summed E-state index contributed by atoms with van der Waals surface area (Å²) in [5.41, 5.74) is 1.02. The van der Waals surface area contributed by atoms with Crippen LogP contribution in [-0.4, -0.2) is 45.7 Å². The minimum atomic E-state index is -0.870. The molecule has 2 aromatic heterocycles. The molecule has 0 unspecified atom stereocenters. The van der Waals surface area contributed by atoms with E-state index in [0.717, 1.165) is 17.3 Å². The van der Waals surface area contributed by atoms with Crippen LogP contribution in [0.3, 0.4) is 0 Å². The summed E-state index contributed by atoms with van der Waals surface area (Å²) in [6, 6.07) is 22.6. The zero-order valence-corrected chi connectivity index (χ0v) is 26.3. The molecule has 0 bridgehead atoms. The van der Waals surface area contributed by atoms with Crippen LogP contribution in [-0.2, 0) is 19.2 Å². The van der Waals surface area contributed by atoms with Crippen molar-refractivity contribution < 1.29 is 19.2 Å². The number of anilines is 2. The van der Waals surface area contributed by atoms with E-state index in [4.69, 9.17) is 0 Å². The molecule has 0 N–H and O–H groups in total. The zero-order chi connectivity index (χ0) is 28.9. The van der Waals surface area contributed by atoms with Crippen LogP contribution in [0.25, 0.3) is 0 Å². The molecule has 4 saturated heterocycles. The average molecular weight is 724 g/mol. The number of carbonyl (C=O) groups excluding carboxylic acids is 4. The van der Waals surface area contributed by atoms with E-state index in [1.807, 2.05) is 46.4 Å². The summed E-state index contributed by atoms with van der Waals surface area (Å²) in [7, 11) is 0. The first-order valence-corrected chi connectivity index (χ1v) is 16.5. The first-order chi connectivity index (χ1) is 20.4. The topological polar surface area (TPSA) is 81.2 Å². The minimum absolute atomic E-state index is 0.306. The van der Waals surface area contributed by atoms with Gasteiger partial charge in [0.25, 0.3) is 11.8 Å². The van der Waals surface area contributed by atoms with Gasteiger partial charge in [-0.15, -0.1) is 22.7 Å². The van der Waals surface area contributed by atoms with Gasteiger partial charge in [-0.3, -0.25) is 19.2 Å². The van der Waals surface area contributed by atoms with Gasteiger partial charge < -0.3 is 0 Å². The van der Waals surface area contributed by atoms with Crippen LogP contribution in [0.15, 0.2) is 92.5 Å². The van der Waals surface area contributed by atoms with E-state index in [2.05, 4.69) is 31.9 Å². The van der Waals surface area contributed by atoms with Gasteiger partial charge in [0.2, 0.25) is 11.8 Å². The van der Waals surface area contributed by atoms with Crippen molar-refractivity contribution in [3.63, 3.8) is 0 Å². The van der Waals surface area contributed by atoms with E-state index in [0.29, 0.717) is 11.4 Å². The van der Waals surface area contributed by atoms with E-state index < -0.39 is 36.0 Å². The molecule has 6 atom stereocenters. The summed E-state index contributed by atoms with van der Waals surface area (Å²) in [5, 5.41) is 3.80. The quantitative estimate of drug-likeness (QED) is 0.249. The van der Waals surface area contributed by atoms with Crippen molar-refractivity contribution in [3.8, 4) is 0 Å². The third-order valence-corrected chi connectivity index (χ3v) is 11.9. The van der Waals surface area contributed by atoms with Crippen LogP contribution < -0.4 is 9.80 Å². The molecule has 42 heavy (non-hydrogen) atoms. The summed E-state index contributed by atoms with van der Waals surface area (Å²) in [6.45, 7) is 0. The Labute approximate surface area is 265 Å². The largest absolute Gasteiger partial charge is 0.274 e. The number of hydrazine groups is 1. The molecule has 4 amide bonds. The number of nitrogens with zero attached hydrogens (tertiary/aromatic N) is 4. The highest BCUT2D eigenvalue weighted by atomic mass is 79.9. The Morgan fingerprint density at radius 2 is 0.857 bits per heavy atom. The molecule has 8 rings (SSSR count). The minimum Gasteiger partial charge on any atom is -0.274 e.